The summed E-state index contributed by atoms with van der Waals surface area (Å²) >= 11 is 17.7. The second kappa shape index (κ2) is 8.78. The zero-order valence-corrected chi connectivity index (χ0v) is 18.7. The van der Waals surface area contributed by atoms with Crippen LogP contribution in [0.1, 0.15) is 12.8 Å². The molecule has 28 heavy (non-hydrogen) atoms. The fourth-order valence-corrected chi connectivity index (χ4v) is 4.73. The molecule has 1 fully saturated rings. The molecular weight excluding hydrogens is 481 g/mol. The van der Waals surface area contributed by atoms with Crippen molar-refractivity contribution in [2.45, 2.75) is 23.8 Å². The number of aromatic amines is 1. The summed E-state index contributed by atoms with van der Waals surface area (Å²) in [5, 5.41) is 11.1. The van der Waals surface area contributed by atoms with Gasteiger partial charge in [0.1, 0.15) is 5.82 Å². The molecule has 3 aromatic rings. The minimum atomic E-state index is -0.188. The number of nitrogens with one attached hydrogen (secondary N) is 1. The summed E-state index contributed by atoms with van der Waals surface area (Å²) in [5.74, 6) is 0.779. The Balaban J connectivity index is 1.56. The average Bonchev–Trinajstić information content (AvgIpc) is 3.18. The van der Waals surface area contributed by atoms with Gasteiger partial charge in [0.15, 0.2) is 0 Å². The number of imidazole rings is 1. The first-order chi connectivity index (χ1) is 13.5. The van der Waals surface area contributed by atoms with E-state index in [0.717, 1.165) is 57.9 Å². The molecule has 1 aliphatic rings. The summed E-state index contributed by atoms with van der Waals surface area (Å²) in [5.41, 5.74) is 2.85. The molecule has 0 amide bonds. The van der Waals surface area contributed by atoms with E-state index in [-0.39, 0.29) is 6.10 Å². The van der Waals surface area contributed by atoms with Crippen molar-refractivity contribution in [1.82, 2.24) is 14.3 Å². The van der Waals surface area contributed by atoms with Crippen LogP contribution < -0.4 is 0 Å². The van der Waals surface area contributed by atoms with Gasteiger partial charge in [0.2, 0.25) is 0 Å². The first-order valence-electron chi connectivity index (χ1n) is 8.91. The van der Waals surface area contributed by atoms with Crippen molar-refractivity contribution in [3.05, 3.63) is 57.1 Å². The van der Waals surface area contributed by atoms with Gasteiger partial charge in [0, 0.05) is 33.6 Å². The zero-order valence-electron chi connectivity index (χ0n) is 14.8. The number of rotatable bonds is 4. The molecule has 0 unspecified atom stereocenters. The normalized spacial score (nSPS) is 15.9. The molecule has 0 spiro atoms. The minimum absolute atomic E-state index is 0.188. The zero-order chi connectivity index (χ0) is 19.7. The molecule has 1 aromatic heterocycles. The summed E-state index contributed by atoms with van der Waals surface area (Å²) in [4.78, 5) is 8.88. The van der Waals surface area contributed by atoms with Crippen LogP contribution in [0.15, 0.2) is 52.0 Å². The first kappa shape index (κ1) is 20.3. The highest BCUT2D eigenvalue weighted by molar-refractivity contribution is 9.10. The number of aromatic nitrogens is 2. The van der Waals surface area contributed by atoms with E-state index < -0.39 is 0 Å². The van der Waals surface area contributed by atoms with E-state index >= 15 is 0 Å². The van der Waals surface area contributed by atoms with Gasteiger partial charge in [0.05, 0.1) is 28.0 Å². The summed E-state index contributed by atoms with van der Waals surface area (Å²) in [6, 6.07) is 11.7. The van der Waals surface area contributed by atoms with Crippen LogP contribution in [0.25, 0.3) is 22.6 Å². The second-order valence-corrected chi connectivity index (χ2v) is 9.48. The first-order valence-corrected chi connectivity index (χ1v) is 11.2. The van der Waals surface area contributed by atoms with Crippen molar-refractivity contribution >= 4 is 51.1 Å². The van der Waals surface area contributed by atoms with Crippen LogP contribution in [0.2, 0.25) is 10.0 Å². The Kier molecular flexibility index (Phi) is 6.35. The highest BCUT2D eigenvalue weighted by Crippen LogP contribution is 2.35. The van der Waals surface area contributed by atoms with Gasteiger partial charge in [-0.1, -0.05) is 29.3 Å². The molecule has 2 heterocycles. The third-order valence-corrected chi connectivity index (χ3v) is 7.49. The van der Waals surface area contributed by atoms with Crippen LogP contribution in [0.4, 0.5) is 0 Å². The fraction of sp³-hybridized carbons (Fsp3) is 0.250. The third-order valence-electron chi connectivity index (χ3n) is 4.66. The summed E-state index contributed by atoms with van der Waals surface area (Å²) in [6.07, 6.45) is 3.21. The van der Waals surface area contributed by atoms with E-state index in [1.807, 2.05) is 36.5 Å². The van der Waals surface area contributed by atoms with Crippen LogP contribution in [-0.4, -0.2) is 38.6 Å². The lowest BCUT2D eigenvalue weighted by Crippen LogP contribution is -2.31. The van der Waals surface area contributed by atoms with Crippen molar-refractivity contribution in [2.75, 3.05) is 13.1 Å². The van der Waals surface area contributed by atoms with Crippen molar-refractivity contribution in [3.63, 3.8) is 0 Å². The number of piperidine rings is 1. The van der Waals surface area contributed by atoms with Gasteiger partial charge >= 0.3 is 0 Å². The number of hydrogen-bond donors (Lipinski definition) is 2. The van der Waals surface area contributed by atoms with Gasteiger partial charge < -0.3 is 10.1 Å². The molecule has 0 bridgehead atoms. The number of nitrogens with zero attached hydrogens (tertiary/aromatic N) is 2. The van der Waals surface area contributed by atoms with E-state index in [0.29, 0.717) is 10.0 Å². The Labute approximate surface area is 186 Å². The highest BCUT2D eigenvalue weighted by atomic mass is 79.9. The van der Waals surface area contributed by atoms with Crippen molar-refractivity contribution in [1.29, 1.82) is 0 Å². The Morgan fingerprint density at radius 2 is 1.82 bits per heavy atom. The van der Waals surface area contributed by atoms with Crippen LogP contribution in [0, 0.1) is 0 Å². The molecule has 0 saturated carbocycles. The molecule has 1 aliphatic heterocycles. The molecule has 0 radical (unpaired) electrons. The van der Waals surface area contributed by atoms with Crippen molar-refractivity contribution < 1.29 is 5.11 Å². The third kappa shape index (κ3) is 4.58. The van der Waals surface area contributed by atoms with Gasteiger partial charge in [0.25, 0.3) is 0 Å². The average molecular weight is 499 g/mol. The molecule has 146 valence electrons. The molecule has 0 atom stereocenters. The van der Waals surface area contributed by atoms with Gasteiger partial charge in [-0.15, -0.1) is 0 Å². The molecular formula is C20H18BrCl2N3OS. The van der Waals surface area contributed by atoms with E-state index in [9.17, 15) is 5.11 Å². The minimum Gasteiger partial charge on any atom is -0.393 e. The smallest absolute Gasteiger partial charge is 0.137 e. The molecule has 1 saturated heterocycles. The molecule has 2 aromatic carbocycles. The van der Waals surface area contributed by atoms with Gasteiger partial charge in [-0.25, -0.2) is 9.29 Å². The predicted molar refractivity (Wildman–Crippen MR) is 120 cm³/mol. The number of aliphatic hydroxyl groups is 1. The van der Waals surface area contributed by atoms with Crippen LogP contribution in [0.5, 0.6) is 0 Å². The van der Waals surface area contributed by atoms with Crippen molar-refractivity contribution in [3.8, 4) is 22.6 Å². The number of halogens is 3. The number of H-pyrrole nitrogens is 1. The second-order valence-electron chi connectivity index (χ2n) is 6.67. The van der Waals surface area contributed by atoms with Crippen LogP contribution >= 0.6 is 51.1 Å². The monoisotopic (exact) mass is 497 g/mol. The van der Waals surface area contributed by atoms with Gasteiger partial charge in [-0.05, 0) is 71.1 Å². The van der Waals surface area contributed by atoms with Crippen LogP contribution in [0.3, 0.4) is 0 Å². The fourth-order valence-electron chi connectivity index (χ4n) is 3.07. The molecule has 8 heteroatoms. The lowest BCUT2D eigenvalue weighted by molar-refractivity contribution is 0.116. The SMILES string of the molecule is OC1CCN(Sc2cc(-c3ncc(-c4ccc(Br)c(Cl)c4)[nH]3)ccc2Cl)CC1. The number of benzene rings is 2. The van der Waals surface area contributed by atoms with Gasteiger partial charge in [-0.2, -0.15) is 0 Å². The van der Waals surface area contributed by atoms with E-state index in [1.54, 1.807) is 11.9 Å². The lowest BCUT2D eigenvalue weighted by Gasteiger charge is -2.28. The quantitative estimate of drug-likeness (QED) is 0.416. The Bertz CT molecular complexity index is 989. The summed E-state index contributed by atoms with van der Waals surface area (Å²) in [6.45, 7) is 1.70. The Hall–Kier alpha value is -1.02. The van der Waals surface area contributed by atoms with Crippen molar-refractivity contribution in [2.24, 2.45) is 0 Å². The lowest BCUT2D eigenvalue weighted by atomic mass is 10.1. The molecule has 0 aliphatic carbocycles. The number of hydrogen-bond acceptors (Lipinski definition) is 4. The maximum absolute atomic E-state index is 9.68. The largest absolute Gasteiger partial charge is 0.393 e. The highest BCUT2D eigenvalue weighted by Gasteiger charge is 2.19. The van der Waals surface area contributed by atoms with E-state index in [2.05, 4.69) is 36.3 Å². The van der Waals surface area contributed by atoms with E-state index in [1.165, 1.54) is 0 Å². The maximum atomic E-state index is 9.68. The standard InChI is InChI=1S/C20H18BrCl2N3OS/c21-15-3-1-12(9-17(15)23)18-11-24-20(25-18)13-2-4-16(22)19(10-13)28-26-7-5-14(27)6-8-26/h1-4,9-11,14,27H,5-8H2,(H,24,25). The number of aliphatic hydroxyl groups excluding tert-OH is 1. The maximum Gasteiger partial charge on any atom is 0.137 e. The van der Waals surface area contributed by atoms with Crippen LogP contribution in [-0.2, 0) is 0 Å². The molecule has 4 rings (SSSR count). The van der Waals surface area contributed by atoms with E-state index in [4.69, 9.17) is 23.2 Å². The molecule has 2 N–H and O–H groups in total. The van der Waals surface area contributed by atoms with Gasteiger partial charge in [-0.3, -0.25) is 0 Å². The Morgan fingerprint density at radius 1 is 1.07 bits per heavy atom. The Morgan fingerprint density at radius 3 is 2.57 bits per heavy atom. The summed E-state index contributed by atoms with van der Waals surface area (Å²) < 4.78 is 3.11. The molecule has 4 nitrogen and oxygen atoms in total. The predicted octanol–water partition coefficient (Wildman–Crippen LogP) is 6.28. The topological polar surface area (TPSA) is 52.1 Å². The summed E-state index contributed by atoms with van der Waals surface area (Å²) in [7, 11) is 0.